The fraction of sp³-hybridized carbons (Fsp3) is 0.769. The number of carbonyl (C=O) groups is 3. The molecule has 0 aliphatic heterocycles. The van der Waals surface area contributed by atoms with Crippen molar-refractivity contribution >= 4 is 17.8 Å². The first-order chi connectivity index (χ1) is 9.32. The maximum absolute atomic E-state index is 11.8. The summed E-state index contributed by atoms with van der Waals surface area (Å²) >= 11 is 0. The molecule has 0 rings (SSSR count). The van der Waals surface area contributed by atoms with E-state index in [9.17, 15) is 14.4 Å². The lowest BCUT2D eigenvalue weighted by Crippen LogP contribution is -2.40. The zero-order chi connectivity index (χ0) is 15.5. The van der Waals surface area contributed by atoms with Gasteiger partial charge in [-0.3, -0.25) is 9.59 Å². The minimum Gasteiger partial charge on any atom is -0.352 e. The first-order valence-corrected chi connectivity index (χ1v) is 6.89. The van der Waals surface area contributed by atoms with Crippen molar-refractivity contribution in [1.82, 2.24) is 15.5 Å². The maximum Gasteiger partial charge on any atom is 0.312 e. The summed E-state index contributed by atoms with van der Waals surface area (Å²) in [5, 5.41) is 5.23. The Kier molecular flexibility index (Phi) is 9.15. The Morgan fingerprint density at radius 3 is 2.35 bits per heavy atom. The number of nitrogens with zero attached hydrogens (tertiary/aromatic N) is 1. The van der Waals surface area contributed by atoms with Crippen LogP contribution in [0.3, 0.4) is 0 Å². The smallest absolute Gasteiger partial charge is 0.312 e. The van der Waals surface area contributed by atoms with Crippen LogP contribution in [-0.4, -0.2) is 48.9 Å². The van der Waals surface area contributed by atoms with Gasteiger partial charge < -0.3 is 21.3 Å². The number of nitrogens with one attached hydrogen (secondary N) is 2. The number of nitrogens with two attached hydrogens (primary N) is 1. The molecule has 0 aromatic heterocycles. The van der Waals surface area contributed by atoms with Crippen molar-refractivity contribution < 1.29 is 14.4 Å². The van der Waals surface area contributed by atoms with Gasteiger partial charge in [-0.15, -0.1) is 0 Å². The van der Waals surface area contributed by atoms with Gasteiger partial charge in [0, 0.05) is 26.1 Å². The van der Waals surface area contributed by atoms with Crippen molar-refractivity contribution in [2.24, 2.45) is 5.73 Å². The first kappa shape index (κ1) is 18.2. The molecule has 0 radical (unpaired) electrons. The summed E-state index contributed by atoms with van der Waals surface area (Å²) in [6.45, 7) is 4.36. The van der Waals surface area contributed by atoms with Gasteiger partial charge >= 0.3 is 6.03 Å². The van der Waals surface area contributed by atoms with Gasteiger partial charge in [-0.25, -0.2) is 4.79 Å². The minimum absolute atomic E-state index is 0.0493. The topological polar surface area (TPSA) is 105 Å². The molecular weight excluding hydrogens is 260 g/mol. The Morgan fingerprint density at radius 1 is 1.15 bits per heavy atom. The van der Waals surface area contributed by atoms with Crippen LogP contribution in [0.25, 0.3) is 0 Å². The van der Waals surface area contributed by atoms with Crippen LogP contribution in [-0.2, 0) is 9.59 Å². The molecule has 0 bridgehead atoms. The van der Waals surface area contributed by atoms with E-state index in [1.807, 2.05) is 13.8 Å². The van der Waals surface area contributed by atoms with E-state index in [-0.39, 0.29) is 24.4 Å². The molecule has 4 amide bonds. The van der Waals surface area contributed by atoms with E-state index in [4.69, 9.17) is 5.73 Å². The van der Waals surface area contributed by atoms with E-state index >= 15 is 0 Å². The largest absolute Gasteiger partial charge is 0.352 e. The Balaban J connectivity index is 3.70. The second kappa shape index (κ2) is 10.1. The van der Waals surface area contributed by atoms with Gasteiger partial charge in [0.25, 0.3) is 0 Å². The van der Waals surface area contributed by atoms with Crippen LogP contribution >= 0.6 is 0 Å². The molecule has 0 spiro atoms. The van der Waals surface area contributed by atoms with Crippen LogP contribution in [0, 0.1) is 0 Å². The third-order valence-electron chi connectivity index (χ3n) is 2.62. The second-order valence-corrected chi connectivity index (χ2v) is 5.07. The summed E-state index contributed by atoms with van der Waals surface area (Å²) in [7, 11) is 1.62. The molecule has 0 saturated carbocycles. The monoisotopic (exact) mass is 286 g/mol. The van der Waals surface area contributed by atoms with Crippen molar-refractivity contribution in [3.63, 3.8) is 0 Å². The molecule has 116 valence electrons. The molecule has 20 heavy (non-hydrogen) atoms. The molecule has 0 atom stereocenters. The number of rotatable bonds is 9. The highest BCUT2D eigenvalue weighted by Crippen LogP contribution is 2.02. The Bertz CT molecular complexity index is 332. The van der Waals surface area contributed by atoms with Gasteiger partial charge in [0.05, 0.1) is 6.54 Å². The summed E-state index contributed by atoms with van der Waals surface area (Å²) < 4.78 is 0. The predicted octanol–water partition coefficient (Wildman–Crippen LogP) is 0.198. The summed E-state index contributed by atoms with van der Waals surface area (Å²) in [6.07, 6.45) is 2.75. The molecule has 0 aromatic carbocycles. The lowest BCUT2D eigenvalue weighted by atomic mass is 10.2. The van der Waals surface area contributed by atoms with Gasteiger partial charge in [-0.1, -0.05) is 6.42 Å². The predicted molar refractivity (Wildman–Crippen MR) is 77.0 cm³/mol. The minimum atomic E-state index is -0.531. The molecule has 0 aromatic rings. The van der Waals surface area contributed by atoms with E-state index in [0.717, 1.165) is 19.3 Å². The van der Waals surface area contributed by atoms with Crippen LogP contribution in [0.1, 0.15) is 39.5 Å². The Hall–Kier alpha value is -1.79. The van der Waals surface area contributed by atoms with Gasteiger partial charge in [-0.05, 0) is 26.7 Å². The second-order valence-electron chi connectivity index (χ2n) is 5.07. The van der Waals surface area contributed by atoms with E-state index in [1.165, 1.54) is 4.90 Å². The van der Waals surface area contributed by atoms with E-state index < -0.39 is 6.03 Å². The van der Waals surface area contributed by atoms with Crippen LogP contribution in [0.15, 0.2) is 0 Å². The van der Waals surface area contributed by atoms with Crippen LogP contribution in [0.5, 0.6) is 0 Å². The number of hydrogen-bond donors (Lipinski definition) is 3. The highest BCUT2D eigenvalue weighted by atomic mass is 16.2. The maximum atomic E-state index is 11.8. The zero-order valence-electron chi connectivity index (χ0n) is 12.6. The normalized spacial score (nSPS) is 10.2. The average molecular weight is 286 g/mol. The summed E-state index contributed by atoms with van der Waals surface area (Å²) in [5.74, 6) is -0.201. The number of hydrogen-bond acceptors (Lipinski definition) is 3. The fourth-order valence-electron chi connectivity index (χ4n) is 1.65. The summed E-state index contributed by atoms with van der Waals surface area (Å²) in [4.78, 5) is 35.1. The summed E-state index contributed by atoms with van der Waals surface area (Å²) in [6, 6.07) is -0.458. The van der Waals surface area contributed by atoms with E-state index in [2.05, 4.69) is 10.6 Å². The third-order valence-corrected chi connectivity index (χ3v) is 2.62. The Labute approximate surface area is 120 Å². The highest BCUT2D eigenvalue weighted by Gasteiger charge is 2.12. The molecule has 0 aliphatic carbocycles. The van der Waals surface area contributed by atoms with Crippen LogP contribution in [0.4, 0.5) is 4.79 Å². The highest BCUT2D eigenvalue weighted by molar-refractivity contribution is 5.84. The van der Waals surface area contributed by atoms with Crippen molar-refractivity contribution in [3.05, 3.63) is 0 Å². The molecular formula is C13H26N4O3. The van der Waals surface area contributed by atoms with E-state index in [1.54, 1.807) is 7.05 Å². The number of primary amides is 1. The molecule has 0 heterocycles. The third kappa shape index (κ3) is 10.2. The summed E-state index contributed by atoms with van der Waals surface area (Å²) in [5.41, 5.74) is 4.93. The van der Waals surface area contributed by atoms with Crippen molar-refractivity contribution in [2.75, 3.05) is 20.1 Å². The van der Waals surface area contributed by atoms with Gasteiger partial charge in [-0.2, -0.15) is 0 Å². The van der Waals surface area contributed by atoms with Crippen molar-refractivity contribution in [3.8, 4) is 0 Å². The zero-order valence-corrected chi connectivity index (χ0v) is 12.6. The van der Waals surface area contributed by atoms with Crippen LogP contribution < -0.4 is 16.4 Å². The molecule has 0 fully saturated rings. The quantitative estimate of drug-likeness (QED) is 0.527. The number of urea groups is 1. The van der Waals surface area contributed by atoms with Crippen molar-refractivity contribution in [1.29, 1.82) is 0 Å². The first-order valence-electron chi connectivity index (χ1n) is 6.89. The number of likely N-dealkylation sites (N-methyl/N-ethyl adjacent to an activating group) is 1. The van der Waals surface area contributed by atoms with Gasteiger partial charge in [0.15, 0.2) is 0 Å². The molecule has 0 aliphatic rings. The standard InChI is InChI=1S/C13H26N4O3/c1-10(2)16-11(18)9-17(3)12(19)7-5-4-6-8-15-13(14)20/h10H,4-9H2,1-3H3,(H,16,18)(H3,14,15,20). The molecule has 0 saturated heterocycles. The van der Waals surface area contributed by atoms with Gasteiger partial charge in [0.2, 0.25) is 11.8 Å². The lowest BCUT2D eigenvalue weighted by molar-refractivity contribution is -0.135. The van der Waals surface area contributed by atoms with Crippen LogP contribution in [0.2, 0.25) is 0 Å². The van der Waals surface area contributed by atoms with Crippen molar-refractivity contribution in [2.45, 2.75) is 45.6 Å². The molecule has 4 N–H and O–H groups in total. The number of carbonyl (C=O) groups excluding carboxylic acids is 3. The fourth-order valence-corrected chi connectivity index (χ4v) is 1.65. The lowest BCUT2D eigenvalue weighted by Gasteiger charge is -2.17. The number of amides is 4. The molecule has 0 unspecified atom stereocenters. The van der Waals surface area contributed by atoms with E-state index in [0.29, 0.717) is 13.0 Å². The van der Waals surface area contributed by atoms with Gasteiger partial charge in [0.1, 0.15) is 0 Å². The average Bonchev–Trinajstić information content (AvgIpc) is 2.31. The SMILES string of the molecule is CC(C)NC(=O)CN(C)C(=O)CCCCCNC(N)=O. The Morgan fingerprint density at radius 2 is 1.80 bits per heavy atom. The number of unbranched alkanes of at least 4 members (excludes halogenated alkanes) is 2. The molecule has 7 heteroatoms. The molecule has 7 nitrogen and oxygen atoms in total.